The summed E-state index contributed by atoms with van der Waals surface area (Å²) < 4.78 is 5.43. The van der Waals surface area contributed by atoms with Crippen LogP contribution in [0.2, 0.25) is 0 Å². The monoisotopic (exact) mass is 642 g/mol. The number of anilines is 2. The highest BCUT2D eigenvalue weighted by atomic mass is 16.5. The van der Waals surface area contributed by atoms with E-state index in [0.717, 1.165) is 11.3 Å². The van der Waals surface area contributed by atoms with Crippen LogP contribution >= 0.6 is 0 Å². The SMILES string of the molecule is COc1ccc(O)c([C@H]2C3=CC[C@@H]4C(=O)N(c5ccc(N=Nc6ccc(N(C)C)cc6)cc5)C(=O)[C@@H]4[C@@H]3CC3=C2C(=O)C=C(C)C3=O)c1. The van der Waals surface area contributed by atoms with E-state index in [1.54, 1.807) is 43.3 Å². The number of carbonyl (C=O) groups excluding carboxylic acids is 4. The summed E-state index contributed by atoms with van der Waals surface area (Å²) in [6, 6.07) is 19.2. The van der Waals surface area contributed by atoms with Gasteiger partial charge in [-0.1, -0.05) is 11.6 Å². The smallest absolute Gasteiger partial charge is 0.238 e. The lowest BCUT2D eigenvalue weighted by Gasteiger charge is -2.42. The number of azo groups is 1. The van der Waals surface area contributed by atoms with E-state index in [9.17, 15) is 24.3 Å². The fourth-order valence-electron chi connectivity index (χ4n) is 7.48. The minimum absolute atomic E-state index is 0.0545. The van der Waals surface area contributed by atoms with Gasteiger partial charge in [0.05, 0.1) is 36.0 Å². The Kier molecular flexibility index (Phi) is 7.66. The van der Waals surface area contributed by atoms with E-state index >= 15 is 0 Å². The maximum absolute atomic E-state index is 14.2. The van der Waals surface area contributed by atoms with Crippen LogP contribution in [0.1, 0.15) is 31.2 Å². The number of ketones is 2. The number of methoxy groups -OCH3 is 1. The number of rotatable bonds is 6. The van der Waals surface area contributed by atoms with Crippen molar-refractivity contribution in [2.75, 3.05) is 31.0 Å². The summed E-state index contributed by atoms with van der Waals surface area (Å²) in [5.74, 6) is -3.44. The highest BCUT2D eigenvalue weighted by molar-refractivity contribution is 6.25. The maximum Gasteiger partial charge on any atom is 0.238 e. The number of phenols is 1. The first-order valence-electron chi connectivity index (χ1n) is 15.8. The lowest BCUT2D eigenvalue weighted by atomic mass is 9.59. The number of phenolic OH excluding ortho intramolecular Hbond substituents is 1. The molecule has 2 amide bonds. The molecule has 0 aromatic heterocycles. The molecule has 0 bridgehead atoms. The molecule has 1 aliphatic heterocycles. The molecule has 48 heavy (non-hydrogen) atoms. The van der Waals surface area contributed by atoms with Gasteiger partial charge < -0.3 is 14.7 Å². The van der Waals surface area contributed by atoms with E-state index in [2.05, 4.69) is 10.2 Å². The molecule has 0 spiro atoms. The molecule has 1 fully saturated rings. The van der Waals surface area contributed by atoms with Gasteiger partial charge >= 0.3 is 0 Å². The van der Waals surface area contributed by atoms with Gasteiger partial charge in [-0.2, -0.15) is 10.2 Å². The molecule has 0 saturated carbocycles. The van der Waals surface area contributed by atoms with Gasteiger partial charge in [-0.25, -0.2) is 0 Å². The van der Waals surface area contributed by atoms with Crippen molar-refractivity contribution in [1.29, 1.82) is 0 Å². The van der Waals surface area contributed by atoms with Crippen LogP contribution in [0.4, 0.5) is 22.7 Å². The van der Waals surface area contributed by atoms with Crippen LogP contribution in [-0.2, 0) is 19.2 Å². The first-order chi connectivity index (χ1) is 23.1. The van der Waals surface area contributed by atoms with Crippen molar-refractivity contribution in [3.05, 3.63) is 107 Å². The van der Waals surface area contributed by atoms with Gasteiger partial charge in [0.1, 0.15) is 11.5 Å². The standard InChI is InChI=1S/C38H34N4O6/c1-20-17-32(44)35-30(36(20)45)19-28-26(33(35)29-18-25(48-4)13-16-31(29)43)14-15-27-34(28)38(47)42(37(27)46)24-11-7-22(8-12-24)40-39-21-5-9-23(10-6-21)41(2)3/h5-14,16-18,27-28,33-34,43H,15,19H2,1-4H3/t27-,28+,33+,34-/m0/s1. The Balaban J connectivity index is 1.21. The quantitative estimate of drug-likeness (QED) is 0.140. The van der Waals surface area contributed by atoms with Crippen LogP contribution in [0, 0.1) is 17.8 Å². The molecule has 10 nitrogen and oxygen atoms in total. The molecule has 7 rings (SSSR count). The topological polar surface area (TPSA) is 129 Å². The number of carbonyl (C=O) groups is 4. The summed E-state index contributed by atoms with van der Waals surface area (Å²) in [5, 5.41) is 19.7. The van der Waals surface area contributed by atoms with Gasteiger partial charge in [0.25, 0.3) is 0 Å². The summed E-state index contributed by atoms with van der Waals surface area (Å²) in [7, 11) is 5.43. The zero-order valence-electron chi connectivity index (χ0n) is 27.0. The molecule has 3 aliphatic carbocycles. The van der Waals surface area contributed by atoms with Gasteiger partial charge in [0, 0.05) is 48.0 Å². The van der Waals surface area contributed by atoms with Crippen LogP contribution < -0.4 is 14.5 Å². The summed E-state index contributed by atoms with van der Waals surface area (Å²) in [5.41, 5.74) is 4.86. The van der Waals surface area contributed by atoms with Crippen LogP contribution in [-0.4, -0.2) is 49.7 Å². The number of Topliss-reactive ketones (excluding diaryl/α,β-unsaturated/α-hetero) is 1. The highest BCUT2D eigenvalue weighted by Gasteiger charge is 2.56. The second kappa shape index (κ2) is 11.9. The van der Waals surface area contributed by atoms with Gasteiger partial charge in [-0.05, 0) is 98.5 Å². The number of nitrogens with zero attached hydrogens (tertiary/aromatic N) is 4. The summed E-state index contributed by atoms with van der Waals surface area (Å²) in [6.07, 6.45) is 3.71. The van der Waals surface area contributed by atoms with E-state index < -0.39 is 23.7 Å². The lowest BCUT2D eigenvalue weighted by molar-refractivity contribution is -0.123. The zero-order chi connectivity index (χ0) is 33.9. The van der Waals surface area contributed by atoms with E-state index in [0.29, 0.717) is 45.1 Å². The minimum Gasteiger partial charge on any atom is -0.508 e. The van der Waals surface area contributed by atoms with Crippen molar-refractivity contribution in [3.8, 4) is 11.5 Å². The maximum atomic E-state index is 14.2. The first kappa shape index (κ1) is 31.0. The van der Waals surface area contributed by atoms with E-state index in [1.807, 2.05) is 49.3 Å². The zero-order valence-corrected chi connectivity index (χ0v) is 27.0. The summed E-state index contributed by atoms with van der Waals surface area (Å²) in [6.45, 7) is 1.60. The average molecular weight is 643 g/mol. The number of allylic oxidation sites excluding steroid dienone is 6. The Labute approximate surface area is 277 Å². The van der Waals surface area contributed by atoms with Crippen molar-refractivity contribution in [1.82, 2.24) is 0 Å². The summed E-state index contributed by atoms with van der Waals surface area (Å²) in [4.78, 5) is 58.4. The fraction of sp³-hybridized carbons (Fsp3) is 0.263. The van der Waals surface area contributed by atoms with Gasteiger partial charge in [-0.15, -0.1) is 0 Å². The number of hydrogen-bond acceptors (Lipinski definition) is 9. The third kappa shape index (κ3) is 5.04. The van der Waals surface area contributed by atoms with Crippen LogP contribution in [0.3, 0.4) is 0 Å². The predicted octanol–water partition coefficient (Wildman–Crippen LogP) is 6.52. The molecule has 0 unspecified atom stereocenters. The molecule has 4 atom stereocenters. The Morgan fingerprint density at radius 3 is 2.19 bits per heavy atom. The number of aromatic hydroxyl groups is 1. The normalized spacial score (nSPS) is 23.5. The Bertz CT molecular complexity index is 2010. The highest BCUT2D eigenvalue weighted by Crippen LogP contribution is 2.56. The van der Waals surface area contributed by atoms with Crippen molar-refractivity contribution in [2.45, 2.75) is 25.7 Å². The number of hydrogen-bond donors (Lipinski definition) is 1. The number of ether oxygens (including phenoxy) is 1. The van der Waals surface area contributed by atoms with Crippen LogP contribution in [0.15, 0.2) is 111 Å². The largest absolute Gasteiger partial charge is 0.508 e. The predicted molar refractivity (Wildman–Crippen MR) is 180 cm³/mol. The number of amides is 2. The Hall–Kier alpha value is -5.64. The van der Waals surface area contributed by atoms with E-state index in [1.165, 1.54) is 24.2 Å². The van der Waals surface area contributed by atoms with Gasteiger partial charge in [0.2, 0.25) is 11.8 Å². The third-order valence-corrected chi connectivity index (χ3v) is 9.86. The molecule has 1 N–H and O–H groups in total. The fourth-order valence-corrected chi connectivity index (χ4v) is 7.48. The third-order valence-electron chi connectivity index (χ3n) is 9.86. The second-order valence-corrected chi connectivity index (χ2v) is 12.8. The number of fused-ring (bicyclic) bond motifs is 3. The van der Waals surface area contributed by atoms with Crippen LogP contribution in [0.5, 0.6) is 11.5 Å². The van der Waals surface area contributed by atoms with E-state index in [-0.39, 0.29) is 42.0 Å². The molecule has 1 heterocycles. The number of benzene rings is 3. The molecular weight excluding hydrogens is 608 g/mol. The number of imide groups is 1. The Morgan fingerprint density at radius 1 is 0.875 bits per heavy atom. The van der Waals surface area contributed by atoms with Crippen molar-refractivity contribution < 1.29 is 29.0 Å². The molecular formula is C38H34N4O6. The molecule has 4 aliphatic rings. The molecule has 242 valence electrons. The first-order valence-corrected chi connectivity index (χ1v) is 15.8. The molecule has 1 saturated heterocycles. The van der Waals surface area contributed by atoms with Gasteiger partial charge in [-0.3, -0.25) is 24.1 Å². The van der Waals surface area contributed by atoms with Crippen LogP contribution in [0.25, 0.3) is 0 Å². The molecule has 3 aromatic rings. The van der Waals surface area contributed by atoms with Crippen molar-refractivity contribution >= 4 is 46.1 Å². The Morgan fingerprint density at radius 2 is 1.54 bits per heavy atom. The van der Waals surface area contributed by atoms with Crippen molar-refractivity contribution in [2.24, 2.45) is 28.0 Å². The average Bonchev–Trinajstić information content (AvgIpc) is 3.35. The molecule has 3 aromatic carbocycles. The second-order valence-electron chi connectivity index (χ2n) is 12.8. The lowest BCUT2D eigenvalue weighted by Crippen LogP contribution is -2.39. The minimum atomic E-state index is -0.767. The molecule has 10 heteroatoms. The van der Waals surface area contributed by atoms with E-state index in [4.69, 9.17) is 4.74 Å². The van der Waals surface area contributed by atoms with Gasteiger partial charge in [0.15, 0.2) is 11.6 Å². The van der Waals surface area contributed by atoms with Crippen molar-refractivity contribution in [3.63, 3.8) is 0 Å². The molecule has 0 radical (unpaired) electrons. The summed E-state index contributed by atoms with van der Waals surface area (Å²) >= 11 is 0.